The molecule has 5 nitrogen and oxygen atoms in total. The quantitative estimate of drug-likeness (QED) is 0.576. The molecule has 2 unspecified atom stereocenters. The molecule has 0 saturated heterocycles. The smallest absolute Gasteiger partial charge is 0.300 e. The van der Waals surface area contributed by atoms with Gasteiger partial charge in [0.05, 0.1) is 7.11 Å². The lowest BCUT2D eigenvalue weighted by Crippen LogP contribution is -2.46. The highest BCUT2D eigenvalue weighted by Gasteiger charge is 2.47. The number of ether oxygens (including phenoxy) is 2. The van der Waals surface area contributed by atoms with Gasteiger partial charge in [-0.3, -0.25) is 0 Å². The van der Waals surface area contributed by atoms with E-state index in [1.807, 2.05) is 6.07 Å². The van der Waals surface area contributed by atoms with Gasteiger partial charge in [-0.2, -0.15) is 0 Å². The number of fused-ring (bicyclic) bond motifs is 3. The first-order valence-corrected chi connectivity index (χ1v) is 8.95. The van der Waals surface area contributed by atoms with E-state index in [1.54, 1.807) is 13.2 Å². The predicted molar refractivity (Wildman–Crippen MR) is 94.6 cm³/mol. The molecule has 3 rings (SSSR count). The van der Waals surface area contributed by atoms with Crippen LogP contribution in [0.15, 0.2) is 23.8 Å². The SMILES string of the molecule is CCCc1cc(OC)c2c(c1)OC(C)(C)C1CCC(C(O)(O)O)=CC21. The van der Waals surface area contributed by atoms with Crippen molar-refractivity contribution >= 4 is 0 Å². The van der Waals surface area contributed by atoms with Crippen LogP contribution in [-0.4, -0.2) is 34.0 Å². The molecule has 1 heterocycles. The molecule has 5 heteroatoms. The Hall–Kier alpha value is -1.56. The van der Waals surface area contributed by atoms with E-state index in [2.05, 4.69) is 26.8 Å². The van der Waals surface area contributed by atoms with E-state index in [-0.39, 0.29) is 17.4 Å². The Bertz CT molecular complexity index is 684. The van der Waals surface area contributed by atoms with Crippen molar-refractivity contribution in [3.8, 4) is 11.5 Å². The summed E-state index contributed by atoms with van der Waals surface area (Å²) in [7, 11) is 1.64. The molecule has 0 bridgehead atoms. The topological polar surface area (TPSA) is 79.2 Å². The number of allylic oxidation sites excluding steroid dienone is 1. The zero-order chi connectivity index (χ0) is 18.4. The van der Waals surface area contributed by atoms with E-state index in [4.69, 9.17) is 9.47 Å². The van der Waals surface area contributed by atoms with Crippen molar-refractivity contribution in [1.82, 2.24) is 0 Å². The standard InChI is InChI=1S/C20H28O5/c1-5-6-12-9-16(24-4)18-14-11-13(20(21,22)23)7-8-15(14)19(2,3)25-17(18)10-12/h9-11,14-15,21-23H,5-8H2,1-4H3. The molecule has 1 aromatic rings. The predicted octanol–water partition coefficient (Wildman–Crippen LogP) is 2.87. The third kappa shape index (κ3) is 3.28. The van der Waals surface area contributed by atoms with Crippen LogP contribution < -0.4 is 9.47 Å². The van der Waals surface area contributed by atoms with E-state index in [0.717, 1.165) is 35.5 Å². The van der Waals surface area contributed by atoms with Crippen LogP contribution in [0.3, 0.4) is 0 Å². The maximum atomic E-state index is 9.63. The molecule has 3 N–H and O–H groups in total. The van der Waals surface area contributed by atoms with Gasteiger partial charge in [-0.25, -0.2) is 0 Å². The molecule has 0 fully saturated rings. The van der Waals surface area contributed by atoms with Crippen molar-refractivity contribution in [3.63, 3.8) is 0 Å². The molecule has 1 aliphatic heterocycles. The molecule has 0 saturated carbocycles. The molecular weight excluding hydrogens is 320 g/mol. The van der Waals surface area contributed by atoms with Crippen molar-refractivity contribution < 1.29 is 24.8 Å². The number of aliphatic hydroxyl groups is 3. The highest BCUT2D eigenvalue weighted by molar-refractivity contribution is 5.54. The third-order valence-corrected chi connectivity index (χ3v) is 5.49. The molecule has 0 radical (unpaired) electrons. The largest absolute Gasteiger partial charge is 0.496 e. The van der Waals surface area contributed by atoms with Crippen molar-refractivity contribution in [2.75, 3.05) is 7.11 Å². The molecule has 0 aromatic heterocycles. The number of hydrogen-bond acceptors (Lipinski definition) is 5. The minimum absolute atomic E-state index is 0.0982. The van der Waals surface area contributed by atoms with Gasteiger partial charge < -0.3 is 24.8 Å². The Morgan fingerprint density at radius 3 is 2.60 bits per heavy atom. The molecule has 2 atom stereocenters. The molecular formula is C20H28O5. The van der Waals surface area contributed by atoms with Crippen molar-refractivity contribution in [3.05, 3.63) is 34.9 Å². The summed E-state index contributed by atoms with van der Waals surface area (Å²) in [5.74, 6) is -1.17. The Kier molecular flexibility index (Phi) is 4.60. The fourth-order valence-corrected chi connectivity index (χ4v) is 4.28. The number of benzene rings is 1. The monoisotopic (exact) mass is 348 g/mol. The van der Waals surface area contributed by atoms with Crippen molar-refractivity contribution in [2.45, 2.75) is 63.9 Å². The average molecular weight is 348 g/mol. The van der Waals surface area contributed by atoms with Gasteiger partial charge in [-0.15, -0.1) is 0 Å². The summed E-state index contributed by atoms with van der Waals surface area (Å²) in [6.45, 7) is 6.26. The van der Waals surface area contributed by atoms with Crippen LogP contribution in [0, 0.1) is 5.92 Å². The zero-order valence-electron chi connectivity index (χ0n) is 15.4. The van der Waals surface area contributed by atoms with Crippen LogP contribution >= 0.6 is 0 Å². The van der Waals surface area contributed by atoms with E-state index in [9.17, 15) is 15.3 Å². The zero-order valence-corrected chi connectivity index (χ0v) is 15.4. The van der Waals surface area contributed by atoms with Crippen LogP contribution in [0.2, 0.25) is 0 Å². The third-order valence-electron chi connectivity index (χ3n) is 5.49. The Morgan fingerprint density at radius 2 is 2.00 bits per heavy atom. The molecule has 1 aliphatic carbocycles. The van der Waals surface area contributed by atoms with Gasteiger partial charge in [-0.1, -0.05) is 19.4 Å². The van der Waals surface area contributed by atoms with Gasteiger partial charge in [0.15, 0.2) is 0 Å². The first-order valence-electron chi connectivity index (χ1n) is 8.95. The van der Waals surface area contributed by atoms with E-state index >= 15 is 0 Å². The molecule has 0 amide bonds. The second kappa shape index (κ2) is 6.31. The maximum absolute atomic E-state index is 9.63. The lowest BCUT2D eigenvalue weighted by atomic mass is 9.67. The van der Waals surface area contributed by atoms with Crippen molar-refractivity contribution in [2.24, 2.45) is 5.92 Å². The molecule has 25 heavy (non-hydrogen) atoms. The van der Waals surface area contributed by atoms with E-state index < -0.39 is 11.6 Å². The summed E-state index contributed by atoms with van der Waals surface area (Å²) < 4.78 is 12.0. The minimum atomic E-state index is -2.77. The van der Waals surface area contributed by atoms with E-state index in [0.29, 0.717) is 12.8 Å². The normalized spacial score (nSPS) is 24.7. The highest BCUT2D eigenvalue weighted by Crippen LogP contribution is 2.54. The summed E-state index contributed by atoms with van der Waals surface area (Å²) in [6.07, 6.45) is 4.87. The number of methoxy groups -OCH3 is 1. The number of hydrogen-bond donors (Lipinski definition) is 3. The Morgan fingerprint density at radius 1 is 1.28 bits per heavy atom. The van der Waals surface area contributed by atoms with Gasteiger partial charge in [0.1, 0.15) is 17.1 Å². The lowest BCUT2D eigenvalue weighted by Gasteiger charge is -2.47. The summed E-state index contributed by atoms with van der Waals surface area (Å²) in [5, 5.41) is 28.9. The first-order chi connectivity index (χ1) is 11.7. The fraction of sp³-hybridized carbons (Fsp3) is 0.600. The van der Waals surface area contributed by atoms with Crippen LogP contribution in [-0.2, 0) is 6.42 Å². The first kappa shape index (κ1) is 18.2. The van der Waals surface area contributed by atoms with Gasteiger partial charge in [-0.05, 0) is 50.8 Å². The number of rotatable bonds is 4. The summed E-state index contributed by atoms with van der Waals surface area (Å²) >= 11 is 0. The maximum Gasteiger partial charge on any atom is 0.300 e. The Balaban J connectivity index is 2.16. The van der Waals surface area contributed by atoms with Crippen molar-refractivity contribution in [1.29, 1.82) is 0 Å². The molecule has 1 aromatic carbocycles. The van der Waals surface area contributed by atoms with Gasteiger partial charge in [0.2, 0.25) is 0 Å². The second-order valence-electron chi connectivity index (χ2n) is 7.66. The van der Waals surface area contributed by atoms with Crippen LogP contribution in [0.1, 0.15) is 57.1 Å². The average Bonchev–Trinajstić information content (AvgIpc) is 2.52. The molecule has 138 valence electrons. The van der Waals surface area contributed by atoms with Gasteiger partial charge >= 0.3 is 0 Å². The second-order valence-corrected chi connectivity index (χ2v) is 7.66. The highest BCUT2D eigenvalue weighted by atomic mass is 16.7. The molecule has 2 aliphatic rings. The summed E-state index contributed by atoms with van der Waals surface area (Å²) in [6, 6.07) is 4.10. The minimum Gasteiger partial charge on any atom is -0.496 e. The van der Waals surface area contributed by atoms with Crippen LogP contribution in [0.4, 0.5) is 0 Å². The fourth-order valence-electron chi connectivity index (χ4n) is 4.28. The lowest BCUT2D eigenvalue weighted by molar-refractivity contribution is -0.284. The van der Waals surface area contributed by atoms with Crippen LogP contribution in [0.5, 0.6) is 11.5 Å². The van der Waals surface area contributed by atoms with Gasteiger partial charge in [0, 0.05) is 23.0 Å². The van der Waals surface area contributed by atoms with Crippen LogP contribution in [0.25, 0.3) is 0 Å². The summed E-state index contributed by atoms with van der Waals surface area (Å²) in [4.78, 5) is 0. The van der Waals surface area contributed by atoms with E-state index in [1.165, 1.54) is 0 Å². The Labute approximate surface area is 148 Å². The summed E-state index contributed by atoms with van der Waals surface area (Å²) in [5.41, 5.74) is 1.93. The molecule has 0 spiro atoms. The van der Waals surface area contributed by atoms with Gasteiger partial charge in [0.25, 0.3) is 5.97 Å². The number of aryl methyl sites for hydroxylation is 1.